The van der Waals surface area contributed by atoms with Crippen LogP contribution in [-0.4, -0.2) is 33.2 Å². The normalized spacial score (nSPS) is 9.60. The van der Waals surface area contributed by atoms with Gasteiger partial charge in [0.05, 0.1) is 0 Å². The van der Waals surface area contributed by atoms with Crippen LogP contribution in [0.1, 0.15) is 154 Å². The molecule has 0 saturated heterocycles. The minimum Gasteiger partial charge on any atom is -0.481 e. The first kappa shape index (κ1) is 44.6. The molecule has 0 radical (unpaired) electrons. The van der Waals surface area contributed by atoms with Crippen molar-refractivity contribution in [1.82, 2.24) is 6.15 Å². The summed E-state index contributed by atoms with van der Waals surface area (Å²) in [6.07, 6.45) is 30.4. The van der Waals surface area contributed by atoms with Crippen molar-refractivity contribution in [3.8, 4) is 0 Å². The highest BCUT2D eigenvalue weighted by Crippen LogP contribution is 2.10. The largest absolute Gasteiger partial charge is 0.481 e. The maximum atomic E-state index is 10.2. The highest BCUT2D eigenvalue weighted by molar-refractivity contribution is 5.67. The minimum atomic E-state index is -0.674. The molecule has 0 aromatic heterocycles. The van der Waals surface area contributed by atoms with Gasteiger partial charge in [0.1, 0.15) is 0 Å². The molecule has 0 rings (SSSR count). The number of rotatable bonds is 27. The number of aliphatic carboxylic acids is 3. The SMILES string of the molecule is C=CCCCCCCCCC(=O)O.C=CCCCCCCCCC(=O)O.C=CCCCCCCCCC(=O)O.N. The summed E-state index contributed by atoms with van der Waals surface area (Å²) in [6.45, 7) is 11.0. The molecule has 236 valence electrons. The van der Waals surface area contributed by atoms with E-state index in [-0.39, 0.29) is 6.15 Å². The van der Waals surface area contributed by atoms with E-state index in [1.54, 1.807) is 0 Å². The number of carboxylic acids is 3. The second-order valence-electron chi connectivity index (χ2n) is 10.0. The molecule has 0 fully saturated rings. The molecule has 0 heterocycles. The summed E-state index contributed by atoms with van der Waals surface area (Å²) >= 11 is 0. The molecule has 0 aromatic rings. The minimum absolute atomic E-state index is 0. The van der Waals surface area contributed by atoms with Crippen LogP contribution in [0.5, 0.6) is 0 Å². The summed E-state index contributed by atoms with van der Waals surface area (Å²) in [4.78, 5) is 30.5. The van der Waals surface area contributed by atoms with Crippen LogP contribution in [0.25, 0.3) is 0 Å². The summed E-state index contributed by atoms with van der Waals surface area (Å²) in [5.74, 6) is -2.02. The summed E-state index contributed by atoms with van der Waals surface area (Å²) in [6, 6.07) is 0. The third-order valence-corrected chi connectivity index (χ3v) is 6.15. The maximum Gasteiger partial charge on any atom is 0.303 e. The van der Waals surface area contributed by atoms with E-state index in [0.29, 0.717) is 19.3 Å². The predicted octanol–water partition coefficient (Wildman–Crippen LogP) is 10.3. The molecule has 0 bridgehead atoms. The van der Waals surface area contributed by atoms with E-state index in [4.69, 9.17) is 15.3 Å². The molecule has 7 nitrogen and oxygen atoms in total. The van der Waals surface area contributed by atoms with Crippen molar-refractivity contribution in [3.63, 3.8) is 0 Å². The number of unbranched alkanes of at least 4 members (excludes halogenated alkanes) is 18. The van der Waals surface area contributed by atoms with E-state index in [2.05, 4.69) is 19.7 Å². The molecule has 0 saturated carbocycles. The highest BCUT2D eigenvalue weighted by Gasteiger charge is 1.97. The number of allylic oxidation sites excluding steroid dienone is 3. The Morgan fingerprint density at radius 2 is 0.550 bits per heavy atom. The molecular weight excluding hydrogens is 506 g/mol. The summed E-state index contributed by atoms with van der Waals surface area (Å²) in [7, 11) is 0. The van der Waals surface area contributed by atoms with Gasteiger partial charge in [-0.15, -0.1) is 19.7 Å². The Bertz CT molecular complexity index is 511. The first-order valence-electron chi connectivity index (χ1n) is 15.3. The number of carbonyl (C=O) groups is 3. The van der Waals surface area contributed by atoms with Crippen molar-refractivity contribution in [2.45, 2.75) is 154 Å². The van der Waals surface area contributed by atoms with Gasteiger partial charge in [0.2, 0.25) is 0 Å². The van der Waals surface area contributed by atoms with Crippen molar-refractivity contribution in [1.29, 1.82) is 0 Å². The summed E-state index contributed by atoms with van der Waals surface area (Å²) in [5, 5.41) is 25.1. The van der Waals surface area contributed by atoms with E-state index in [1.807, 2.05) is 18.2 Å². The average molecular weight is 570 g/mol. The van der Waals surface area contributed by atoms with Crippen LogP contribution in [0.2, 0.25) is 0 Å². The zero-order chi connectivity index (χ0) is 29.8. The Kier molecular flexibility index (Phi) is 45.8. The van der Waals surface area contributed by atoms with Crippen molar-refractivity contribution in [3.05, 3.63) is 38.0 Å². The van der Waals surface area contributed by atoms with Gasteiger partial charge >= 0.3 is 17.9 Å². The molecule has 6 N–H and O–H groups in total. The van der Waals surface area contributed by atoms with E-state index < -0.39 is 17.9 Å². The molecule has 7 heteroatoms. The highest BCUT2D eigenvalue weighted by atomic mass is 16.4. The summed E-state index contributed by atoms with van der Waals surface area (Å²) in [5.41, 5.74) is 0. The lowest BCUT2D eigenvalue weighted by atomic mass is 10.1. The fraction of sp³-hybridized carbons (Fsp3) is 0.727. The third-order valence-electron chi connectivity index (χ3n) is 6.15. The second kappa shape index (κ2) is 41.1. The zero-order valence-corrected chi connectivity index (χ0v) is 25.6. The predicted molar refractivity (Wildman–Crippen MR) is 169 cm³/mol. The first-order valence-corrected chi connectivity index (χ1v) is 15.3. The molecule has 0 aliphatic carbocycles. The van der Waals surface area contributed by atoms with Crippen molar-refractivity contribution in [2.24, 2.45) is 0 Å². The van der Waals surface area contributed by atoms with Gasteiger partial charge in [0, 0.05) is 19.3 Å². The Balaban J connectivity index is -0.000000240. The molecule has 0 atom stereocenters. The van der Waals surface area contributed by atoms with Crippen LogP contribution in [0.4, 0.5) is 0 Å². The smallest absolute Gasteiger partial charge is 0.303 e. The van der Waals surface area contributed by atoms with Crippen molar-refractivity contribution in [2.75, 3.05) is 0 Å². The Hall–Kier alpha value is -2.41. The monoisotopic (exact) mass is 569 g/mol. The molecule has 0 aromatic carbocycles. The lowest BCUT2D eigenvalue weighted by molar-refractivity contribution is -0.138. The van der Waals surface area contributed by atoms with Gasteiger partial charge in [-0.05, 0) is 57.8 Å². The number of hydrogen-bond donors (Lipinski definition) is 4. The van der Waals surface area contributed by atoms with Gasteiger partial charge in [-0.2, -0.15) is 0 Å². The van der Waals surface area contributed by atoms with E-state index in [9.17, 15) is 14.4 Å². The standard InChI is InChI=1S/3C11H20O2.H3N/c3*1-2-3-4-5-6-7-8-9-10-11(12)13;/h3*2H,1,3-10H2,(H,12,13);1H3. The van der Waals surface area contributed by atoms with Crippen molar-refractivity contribution < 1.29 is 29.7 Å². The van der Waals surface area contributed by atoms with Gasteiger partial charge in [-0.25, -0.2) is 0 Å². The van der Waals surface area contributed by atoms with Gasteiger partial charge in [-0.1, -0.05) is 95.3 Å². The Labute approximate surface area is 245 Å². The number of carboxylic acid groups (broad SMARTS) is 3. The Morgan fingerprint density at radius 3 is 0.725 bits per heavy atom. The average Bonchev–Trinajstić information content (AvgIpc) is 2.89. The van der Waals surface area contributed by atoms with Crippen LogP contribution in [0, 0.1) is 0 Å². The van der Waals surface area contributed by atoms with Crippen LogP contribution >= 0.6 is 0 Å². The molecule has 0 amide bonds. The molecular formula is C33H63NO6. The topological polar surface area (TPSA) is 147 Å². The zero-order valence-electron chi connectivity index (χ0n) is 25.6. The fourth-order valence-electron chi connectivity index (χ4n) is 3.82. The lowest BCUT2D eigenvalue weighted by Gasteiger charge is -1.98. The van der Waals surface area contributed by atoms with Gasteiger partial charge in [0.15, 0.2) is 0 Å². The summed E-state index contributed by atoms with van der Waals surface area (Å²) < 4.78 is 0. The van der Waals surface area contributed by atoms with E-state index in [1.165, 1.54) is 77.0 Å². The van der Waals surface area contributed by atoms with Crippen LogP contribution in [0.3, 0.4) is 0 Å². The molecule has 0 aliphatic heterocycles. The second-order valence-corrected chi connectivity index (χ2v) is 10.0. The van der Waals surface area contributed by atoms with E-state index in [0.717, 1.165) is 57.8 Å². The quantitative estimate of drug-likeness (QED) is 0.0568. The third kappa shape index (κ3) is 55.9. The van der Waals surface area contributed by atoms with Crippen LogP contribution in [-0.2, 0) is 14.4 Å². The maximum absolute atomic E-state index is 10.2. The molecule has 0 aliphatic rings. The van der Waals surface area contributed by atoms with Crippen molar-refractivity contribution >= 4 is 17.9 Å². The van der Waals surface area contributed by atoms with Gasteiger partial charge in [0.25, 0.3) is 0 Å². The first-order chi connectivity index (χ1) is 18.8. The number of hydrogen-bond acceptors (Lipinski definition) is 4. The fourth-order valence-corrected chi connectivity index (χ4v) is 3.82. The Morgan fingerprint density at radius 1 is 0.375 bits per heavy atom. The molecule has 0 unspecified atom stereocenters. The van der Waals surface area contributed by atoms with Gasteiger partial charge < -0.3 is 21.5 Å². The molecule has 40 heavy (non-hydrogen) atoms. The lowest BCUT2D eigenvalue weighted by Crippen LogP contribution is -1.93. The van der Waals surface area contributed by atoms with Gasteiger partial charge in [-0.3, -0.25) is 14.4 Å². The van der Waals surface area contributed by atoms with Crippen LogP contribution < -0.4 is 6.15 Å². The van der Waals surface area contributed by atoms with Crippen LogP contribution in [0.15, 0.2) is 38.0 Å². The van der Waals surface area contributed by atoms with E-state index >= 15 is 0 Å². The molecule has 0 spiro atoms.